The van der Waals surface area contributed by atoms with Gasteiger partial charge in [-0.25, -0.2) is 0 Å². The predicted octanol–water partition coefficient (Wildman–Crippen LogP) is 6.18. The number of phenols is 1. The predicted molar refractivity (Wildman–Crippen MR) is 231 cm³/mol. The van der Waals surface area contributed by atoms with Crippen LogP contribution in [0.2, 0.25) is 0 Å². The van der Waals surface area contributed by atoms with E-state index in [0.29, 0.717) is 11.3 Å². The topological polar surface area (TPSA) is 192 Å². The average molecular weight is 909 g/mol. The van der Waals surface area contributed by atoms with Crippen molar-refractivity contribution in [3.63, 3.8) is 0 Å². The summed E-state index contributed by atoms with van der Waals surface area (Å²) < 4.78 is 75.7. The Labute approximate surface area is 366 Å². The van der Waals surface area contributed by atoms with Gasteiger partial charge in [-0.05, 0) is 66.5 Å². The number of aliphatic hydroxyl groups is 2. The molecule has 3 aromatic rings. The first-order valence-corrected chi connectivity index (χ1v) is 25.8. The zero-order chi connectivity index (χ0) is 44.9. The molecule has 9 unspecified atom stereocenters. The number of hydrogen-bond donors (Lipinski definition) is 3. The summed E-state index contributed by atoms with van der Waals surface area (Å²) in [5, 5.41) is 29.4. The van der Waals surface area contributed by atoms with Crippen molar-refractivity contribution in [2.24, 2.45) is 41.4 Å². The van der Waals surface area contributed by atoms with E-state index in [9.17, 15) is 20.1 Å². The van der Waals surface area contributed by atoms with E-state index in [2.05, 4.69) is 69.2 Å². The molecule has 9 atom stereocenters. The highest BCUT2D eigenvalue weighted by Gasteiger charge is 2.71. The molecule has 19 heteroatoms. The second-order valence-corrected chi connectivity index (χ2v) is 23.7. The van der Waals surface area contributed by atoms with Crippen LogP contribution in [0.1, 0.15) is 69.2 Å². The van der Waals surface area contributed by atoms with Gasteiger partial charge >= 0.3 is 33.2 Å². The zero-order valence-corrected chi connectivity index (χ0v) is 40.7. The molecule has 2 aliphatic heterocycles. The highest BCUT2D eigenvalue weighted by molar-refractivity contribution is 6.78. The smallest absolute Gasteiger partial charge is 0.507 e. The lowest BCUT2D eigenvalue weighted by Gasteiger charge is -2.50. The van der Waals surface area contributed by atoms with Crippen LogP contribution in [-0.2, 0) is 32.6 Å². The number of aliphatic hydroxyl groups excluding tert-OH is 2. The van der Waals surface area contributed by atoms with Crippen LogP contribution in [0, 0.1) is 41.4 Å². The number of phenolic OH excluding ortho intramolecular Hbond substituents is 1. The fraction of sp³-hybridized carbons (Fsp3) is 0.643. The highest BCUT2D eigenvalue weighted by atomic mass is 28.5. The minimum absolute atomic E-state index is 0.00700. The van der Waals surface area contributed by atoms with Crippen LogP contribution in [0.15, 0.2) is 45.6 Å². The lowest BCUT2D eigenvalue weighted by Crippen LogP contribution is -2.73. The molecule has 0 amide bonds. The summed E-state index contributed by atoms with van der Waals surface area (Å²) in [5.74, 6) is 1.69. The summed E-state index contributed by atoms with van der Waals surface area (Å²) in [4.78, 5) is 13.3. The van der Waals surface area contributed by atoms with Crippen LogP contribution < -0.4 is 19.6 Å². The maximum Gasteiger partial charge on any atom is 0.892 e. The van der Waals surface area contributed by atoms with E-state index in [4.69, 9.17) is 51.2 Å². The molecule has 16 nitrogen and oxygen atoms in total. The Morgan fingerprint density at radius 3 is 2.08 bits per heavy atom. The van der Waals surface area contributed by atoms with E-state index in [1.165, 1.54) is 32.4 Å². The summed E-state index contributed by atoms with van der Waals surface area (Å²) in [6.07, 6.45) is -0.296. The molecular formula is C42H65AlO16Si2. The third-order valence-corrected chi connectivity index (χ3v) is 21.2. The molecule has 2 bridgehead atoms. The van der Waals surface area contributed by atoms with Gasteiger partial charge in [0.05, 0.1) is 31.5 Å². The molecule has 2 fully saturated rings. The van der Waals surface area contributed by atoms with Crippen LogP contribution in [0.5, 0.6) is 23.0 Å². The second kappa shape index (κ2) is 20.9. The van der Waals surface area contributed by atoms with Crippen molar-refractivity contribution >= 4 is 44.2 Å². The molecule has 0 radical (unpaired) electrons. The summed E-state index contributed by atoms with van der Waals surface area (Å²) in [6, 6.07) is 8.95. The minimum Gasteiger partial charge on any atom is -0.507 e. The lowest BCUT2D eigenvalue weighted by atomic mass is 9.65. The number of hydrogen-bond acceptors (Lipinski definition) is 16. The van der Waals surface area contributed by atoms with E-state index < -0.39 is 44.3 Å². The molecule has 61 heavy (non-hydrogen) atoms. The SMILES string of the molecule is CO[Si]12OC(C(C)C)C(C)C(C)C(C)C(C)C(C)(C(C)C(C)C)O[Si](OC)([O][Al]([O]CCOc3cc(O)c4c(=O)cc(-c5ccc(OCCO)c(OCCO)c5)oc4c3)[O]1)O2. The van der Waals surface area contributed by atoms with Crippen molar-refractivity contribution < 1.29 is 66.5 Å². The van der Waals surface area contributed by atoms with Crippen LogP contribution >= 0.6 is 0 Å². The van der Waals surface area contributed by atoms with E-state index in [1.54, 1.807) is 18.2 Å². The highest BCUT2D eigenvalue weighted by Crippen LogP contribution is 2.47. The summed E-state index contributed by atoms with van der Waals surface area (Å²) >= 11 is -3.20. The fourth-order valence-electron chi connectivity index (χ4n) is 8.18. The largest absolute Gasteiger partial charge is 0.892 e. The van der Waals surface area contributed by atoms with Crippen molar-refractivity contribution in [2.75, 3.05) is 53.9 Å². The lowest BCUT2D eigenvalue weighted by molar-refractivity contribution is -0.140. The Morgan fingerprint density at radius 1 is 0.803 bits per heavy atom. The Hall–Kier alpha value is -2.58. The number of fused-ring (bicyclic) bond motifs is 3. The first-order chi connectivity index (χ1) is 28.9. The van der Waals surface area contributed by atoms with Crippen molar-refractivity contribution in [3.05, 3.63) is 46.6 Å². The van der Waals surface area contributed by atoms with E-state index >= 15 is 0 Å². The normalized spacial score (nSPS) is 29.1. The second-order valence-electron chi connectivity index (χ2n) is 16.9. The third-order valence-electron chi connectivity index (χ3n) is 12.6. The molecule has 340 valence electrons. The van der Waals surface area contributed by atoms with Crippen molar-refractivity contribution in [2.45, 2.75) is 80.9 Å². The van der Waals surface area contributed by atoms with Crippen LogP contribution in [0.25, 0.3) is 22.3 Å². The summed E-state index contributed by atoms with van der Waals surface area (Å²) in [6.45, 7) is 21.4. The Kier molecular flexibility index (Phi) is 17.0. The van der Waals surface area contributed by atoms with Crippen LogP contribution in [-0.4, -0.2) is 114 Å². The van der Waals surface area contributed by atoms with Gasteiger partial charge in [0.25, 0.3) is 0 Å². The van der Waals surface area contributed by atoms with Gasteiger partial charge in [0.1, 0.15) is 48.0 Å². The monoisotopic (exact) mass is 908 g/mol. The Balaban J connectivity index is 1.41. The van der Waals surface area contributed by atoms with E-state index in [-0.39, 0.29) is 121 Å². The van der Waals surface area contributed by atoms with Crippen molar-refractivity contribution in [1.29, 1.82) is 0 Å². The standard InChI is InChI=1S/C21H21O9.C21H44O7Si2.Al/c22-3-6-27-14-10-15(25)21-16(26)12-18(30-20(21)11-14)13-1-2-17(28-7-4-23)19(9-13)29-8-5-24;1-13(2)18(8)21(10)19(9)16(6)15(5)17(7)20(14(3)4)26-29(22,24-11)28-30(23,25-12)27-21;/h1-2,9-12,23-25H,3-8H2;13-20H,1-12H3;/q-1;-2;+3. The number of rotatable bonds is 17. The van der Waals surface area contributed by atoms with E-state index in [0.717, 1.165) is 0 Å². The molecule has 3 N–H and O–H groups in total. The van der Waals surface area contributed by atoms with Gasteiger partial charge in [0.2, 0.25) is 0 Å². The van der Waals surface area contributed by atoms with Gasteiger partial charge in [-0.2, -0.15) is 0 Å². The zero-order valence-electron chi connectivity index (χ0n) is 37.6. The minimum atomic E-state index is -4.10. The maximum absolute atomic E-state index is 13.3. The van der Waals surface area contributed by atoms with Gasteiger partial charge in [-0.3, -0.25) is 4.79 Å². The van der Waals surface area contributed by atoms with Crippen molar-refractivity contribution in [3.8, 4) is 34.3 Å². The first kappa shape index (κ1) is 49.4. The van der Waals surface area contributed by atoms with E-state index in [1.807, 2.05) is 0 Å². The number of ether oxygens (including phenoxy) is 3. The quantitative estimate of drug-likeness (QED) is 0.103. The van der Waals surface area contributed by atoms with Gasteiger partial charge in [0, 0.05) is 38.0 Å². The summed E-state index contributed by atoms with van der Waals surface area (Å²) in [7, 11) is -5.13. The Morgan fingerprint density at radius 2 is 1.46 bits per heavy atom. The molecule has 0 aliphatic carbocycles. The third kappa shape index (κ3) is 11.0. The average Bonchev–Trinajstić information content (AvgIpc) is 3.23. The van der Waals surface area contributed by atoms with Crippen molar-refractivity contribution in [1.82, 2.24) is 0 Å². The molecule has 2 aliphatic rings. The van der Waals surface area contributed by atoms with Gasteiger partial charge < -0.3 is 66.5 Å². The maximum atomic E-state index is 13.3. The molecule has 3 heterocycles. The number of benzene rings is 2. The molecule has 0 saturated carbocycles. The van der Waals surface area contributed by atoms with Gasteiger partial charge in [0.15, 0.2) is 16.9 Å². The van der Waals surface area contributed by atoms with Crippen LogP contribution in [0.3, 0.4) is 0 Å². The fourth-order valence-corrected chi connectivity index (χ4v) is 18.1. The molecule has 1 aromatic heterocycles. The first-order valence-electron chi connectivity index (χ1n) is 21.1. The van der Waals surface area contributed by atoms with Gasteiger partial charge in [-0.1, -0.05) is 62.3 Å². The molecule has 2 aromatic carbocycles. The van der Waals surface area contributed by atoms with Gasteiger partial charge in [-0.15, -0.1) is 0 Å². The number of aromatic hydroxyl groups is 1. The molecule has 5 rings (SSSR count). The molecular weight excluding hydrogens is 844 g/mol. The van der Waals surface area contributed by atoms with Crippen LogP contribution in [0.4, 0.5) is 0 Å². The molecule has 2 saturated heterocycles. The molecule has 0 spiro atoms. The summed E-state index contributed by atoms with van der Waals surface area (Å²) in [5.41, 5.74) is -0.692. The Bertz CT molecular complexity index is 1970.